The summed E-state index contributed by atoms with van der Waals surface area (Å²) in [6, 6.07) is 3.16. The van der Waals surface area contributed by atoms with E-state index in [0.717, 1.165) is 5.56 Å². The van der Waals surface area contributed by atoms with Gasteiger partial charge in [-0.25, -0.2) is 0 Å². The first-order chi connectivity index (χ1) is 10.4. The van der Waals surface area contributed by atoms with Gasteiger partial charge in [0.15, 0.2) is 11.5 Å². The number of aromatic nitrogens is 2. The van der Waals surface area contributed by atoms with E-state index in [2.05, 4.69) is 10.4 Å². The Balaban J connectivity index is 2.20. The average Bonchev–Trinajstić information content (AvgIpc) is 2.87. The summed E-state index contributed by atoms with van der Waals surface area (Å²) in [5, 5.41) is 16.5. The number of benzene rings is 1. The van der Waals surface area contributed by atoms with Crippen molar-refractivity contribution < 1.29 is 19.4 Å². The molecule has 0 saturated heterocycles. The number of aromatic hydroxyl groups is 1. The van der Waals surface area contributed by atoms with Gasteiger partial charge < -0.3 is 20.9 Å². The number of ether oxygens (including phenoxy) is 1. The number of nitrogens with zero attached hydrogens (tertiary/aromatic N) is 2. The number of anilines is 1. The number of nitrogens with two attached hydrogens (primary N) is 1. The van der Waals surface area contributed by atoms with Gasteiger partial charge in [-0.05, 0) is 24.6 Å². The average molecular weight is 304 g/mol. The lowest BCUT2D eigenvalue weighted by atomic mass is 10.1. The quantitative estimate of drug-likeness (QED) is 0.749. The van der Waals surface area contributed by atoms with Crippen LogP contribution in [0.2, 0.25) is 0 Å². The highest BCUT2D eigenvalue weighted by atomic mass is 16.5. The van der Waals surface area contributed by atoms with Crippen molar-refractivity contribution in [3.63, 3.8) is 0 Å². The second-order valence-electron chi connectivity index (χ2n) is 4.71. The first-order valence-electron chi connectivity index (χ1n) is 6.40. The van der Waals surface area contributed by atoms with E-state index in [1.807, 2.05) is 0 Å². The van der Waals surface area contributed by atoms with Gasteiger partial charge in [0.1, 0.15) is 6.54 Å². The third-order valence-electron chi connectivity index (χ3n) is 2.89. The van der Waals surface area contributed by atoms with Crippen molar-refractivity contribution in [3.8, 4) is 11.5 Å². The molecule has 2 aromatic rings. The molecule has 0 aliphatic carbocycles. The van der Waals surface area contributed by atoms with E-state index in [4.69, 9.17) is 10.5 Å². The maximum absolute atomic E-state index is 12.2. The van der Waals surface area contributed by atoms with E-state index in [-0.39, 0.29) is 23.6 Å². The van der Waals surface area contributed by atoms with Crippen LogP contribution in [0.15, 0.2) is 24.5 Å². The fourth-order valence-electron chi connectivity index (χ4n) is 1.95. The summed E-state index contributed by atoms with van der Waals surface area (Å²) in [5.74, 6) is -1.08. The molecule has 0 fully saturated rings. The summed E-state index contributed by atoms with van der Waals surface area (Å²) in [5.41, 5.74) is 6.29. The third-order valence-corrected chi connectivity index (χ3v) is 2.89. The Morgan fingerprint density at radius 1 is 1.45 bits per heavy atom. The van der Waals surface area contributed by atoms with Crippen molar-refractivity contribution in [2.75, 3.05) is 12.4 Å². The molecule has 8 heteroatoms. The molecule has 0 bridgehead atoms. The van der Waals surface area contributed by atoms with Crippen LogP contribution in [0.5, 0.6) is 11.5 Å². The zero-order valence-corrected chi connectivity index (χ0v) is 12.2. The van der Waals surface area contributed by atoms with Crippen molar-refractivity contribution in [3.05, 3.63) is 35.7 Å². The molecule has 2 amide bonds. The number of aryl methyl sites for hydroxylation is 1. The highest BCUT2D eigenvalue weighted by Gasteiger charge is 2.17. The minimum atomic E-state index is -0.540. The van der Waals surface area contributed by atoms with Crippen LogP contribution in [0.25, 0.3) is 0 Å². The molecular formula is C14H16N4O4. The molecule has 2 rings (SSSR count). The number of methoxy groups -OCH3 is 1. The molecule has 0 saturated carbocycles. The maximum atomic E-state index is 12.2. The number of hydrogen-bond acceptors (Lipinski definition) is 5. The molecule has 0 aliphatic rings. The Bertz CT molecular complexity index is 724. The SMILES string of the molecule is COc1cc(C)cc(C(=O)Nc2cnn(CC(N)=O)c2)c1O. The molecular weight excluding hydrogens is 288 g/mol. The molecule has 0 unspecified atom stereocenters. The first-order valence-corrected chi connectivity index (χ1v) is 6.40. The predicted octanol–water partition coefficient (Wildman–Crippen LogP) is 0.643. The molecule has 0 spiro atoms. The Morgan fingerprint density at radius 3 is 2.82 bits per heavy atom. The normalized spacial score (nSPS) is 10.3. The summed E-state index contributed by atoms with van der Waals surface area (Å²) in [7, 11) is 1.41. The fraction of sp³-hybridized carbons (Fsp3) is 0.214. The lowest BCUT2D eigenvalue weighted by molar-refractivity contribution is -0.118. The zero-order chi connectivity index (χ0) is 16.3. The van der Waals surface area contributed by atoms with E-state index < -0.39 is 11.8 Å². The van der Waals surface area contributed by atoms with E-state index in [1.54, 1.807) is 19.1 Å². The summed E-state index contributed by atoms with van der Waals surface area (Å²) < 4.78 is 6.32. The minimum absolute atomic E-state index is 0.0829. The smallest absolute Gasteiger partial charge is 0.259 e. The molecule has 1 aromatic heterocycles. The topological polar surface area (TPSA) is 119 Å². The van der Waals surface area contributed by atoms with Crippen molar-refractivity contribution in [1.29, 1.82) is 0 Å². The largest absolute Gasteiger partial charge is 0.504 e. The van der Waals surface area contributed by atoms with E-state index >= 15 is 0 Å². The van der Waals surface area contributed by atoms with Crippen LogP contribution in [0.1, 0.15) is 15.9 Å². The summed E-state index contributed by atoms with van der Waals surface area (Å²) in [6.45, 7) is 1.70. The molecule has 1 aromatic carbocycles. The molecule has 0 aliphatic heterocycles. The zero-order valence-electron chi connectivity index (χ0n) is 12.2. The molecule has 116 valence electrons. The standard InChI is InChI=1S/C14H16N4O4/c1-8-3-10(13(20)11(4-8)22-2)14(21)17-9-5-16-18(6-9)7-12(15)19/h3-6,20H,7H2,1-2H3,(H2,15,19)(H,17,21). The van der Waals surface area contributed by atoms with Gasteiger partial charge in [-0.2, -0.15) is 5.10 Å². The van der Waals surface area contributed by atoms with Gasteiger partial charge >= 0.3 is 0 Å². The summed E-state index contributed by atoms with van der Waals surface area (Å²) in [6.07, 6.45) is 2.84. The van der Waals surface area contributed by atoms with Gasteiger partial charge in [0, 0.05) is 6.20 Å². The number of phenols is 1. The molecule has 8 nitrogen and oxygen atoms in total. The molecule has 0 radical (unpaired) electrons. The highest BCUT2D eigenvalue weighted by molar-refractivity contribution is 6.06. The van der Waals surface area contributed by atoms with Crippen molar-refractivity contribution in [2.24, 2.45) is 5.73 Å². The maximum Gasteiger partial charge on any atom is 0.259 e. The van der Waals surface area contributed by atoms with Crippen LogP contribution in [0, 0.1) is 6.92 Å². The van der Waals surface area contributed by atoms with Gasteiger partial charge in [0.2, 0.25) is 5.91 Å². The number of rotatable bonds is 5. The second kappa shape index (κ2) is 6.17. The van der Waals surface area contributed by atoms with Crippen molar-refractivity contribution in [2.45, 2.75) is 13.5 Å². The van der Waals surface area contributed by atoms with E-state index in [9.17, 15) is 14.7 Å². The Labute approximate surface area is 126 Å². The van der Waals surface area contributed by atoms with Crippen LogP contribution >= 0.6 is 0 Å². The molecule has 22 heavy (non-hydrogen) atoms. The number of carbonyl (C=O) groups excluding carboxylic acids is 2. The second-order valence-corrected chi connectivity index (χ2v) is 4.71. The minimum Gasteiger partial charge on any atom is -0.504 e. The van der Waals surface area contributed by atoms with Crippen LogP contribution in [0.4, 0.5) is 5.69 Å². The highest BCUT2D eigenvalue weighted by Crippen LogP contribution is 2.31. The lowest BCUT2D eigenvalue weighted by Gasteiger charge is -2.10. The Hall–Kier alpha value is -3.03. The van der Waals surface area contributed by atoms with E-state index in [1.165, 1.54) is 24.2 Å². The van der Waals surface area contributed by atoms with E-state index in [0.29, 0.717) is 5.69 Å². The van der Waals surface area contributed by atoms with Crippen molar-refractivity contribution in [1.82, 2.24) is 9.78 Å². The molecule has 1 heterocycles. The van der Waals surface area contributed by atoms with Gasteiger partial charge in [0.25, 0.3) is 5.91 Å². The number of amides is 2. The van der Waals surface area contributed by atoms with Crippen molar-refractivity contribution >= 4 is 17.5 Å². The van der Waals surface area contributed by atoms with Crippen LogP contribution in [-0.2, 0) is 11.3 Å². The fourth-order valence-corrected chi connectivity index (χ4v) is 1.95. The van der Waals surface area contributed by atoms with Gasteiger partial charge in [-0.3, -0.25) is 14.3 Å². The Kier molecular flexibility index (Phi) is 4.31. The van der Waals surface area contributed by atoms with Crippen LogP contribution in [-0.4, -0.2) is 33.8 Å². The third kappa shape index (κ3) is 3.35. The number of phenolic OH excluding ortho intramolecular Hbond substituents is 1. The van der Waals surface area contributed by atoms with Gasteiger partial charge in [-0.15, -0.1) is 0 Å². The number of nitrogens with one attached hydrogen (secondary N) is 1. The Morgan fingerprint density at radius 2 is 2.18 bits per heavy atom. The predicted molar refractivity (Wildman–Crippen MR) is 78.8 cm³/mol. The van der Waals surface area contributed by atoms with Crippen LogP contribution < -0.4 is 15.8 Å². The summed E-state index contributed by atoms with van der Waals surface area (Å²) >= 11 is 0. The van der Waals surface area contributed by atoms with Gasteiger partial charge in [-0.1, -0.05) is 0 Å². The monoisotopic (exact) mass is 304 g/mol. The number of primary amides is 1. The first kappa shape index (κ1) is 15.4. The molecule has 4 N–H and O–H groups in total. The summed E-state index contributed by atoms with van der Waals surface area (Å²) in [4.78, 5) is 23.0. The van der Waals surface area contributed by atoms with Gasteiger partial charge in [0.05, 0.1) is 24.6 Å². The lowest BCUT2D eigenvalue weighted by Crippen LogP contribution is -2.18. The number of carbonyl (C=O) groups is 2. The number of hydrogen-bond donors (Lipinski definition) is 3. The van der Waals surface area contributed by atoms with Crippen LogP contribution in [0.3, 0.4) is 0 Å². The molecule has 0 atom stereocenters.